The quantitative estimate of drug-likeness (QED) is 0.533. The number of aromatic nitrogens is 2. The second-order valence-corrected chi connectivity index (χ2v) is 10.1. The summed E-state index contributed by atoms with van der Waals surface area (Å²) in [4.78, 5) is 33.2. The average molecular weight is 519 g/mol. The fraction of sp³-hybridized carbons (Fsp3) is 0.464. The van der Waals surface area contributed by atoms with Gasteiger partial charge in [-0.2, -0.15) is 5.10 Å². The normalized spacial score (nSPS) is 19.8. The SMILES string of the molecule is COc1cccc2c(C(=O)N3CCC4(CC3)C(=O)NCN4c3ccccc3)nn(CCN3CCOCC3)c12. The second kappa shape index (κ2) is 10.3. The van der Waals surface area contributed by atoms with E-state index >= 15 is 0 Å². The van der Waals surface area contributed by atoms with E-state index in [1.165, 1.54) is 0 Å². The summed E-state index contributed by atoms with van der Waals surface area (Å²) in [6, 6.07) is 15.8. The van der Waals surface area contributed by atoms with Gasteiger partial charge in [-0.1, -0.05) is 30.3 Å². The Morgan fingerprint density at radius 2 is 1.79 bits per heavy atom. The lowest BCUT2D eigenvalue weighted by atomic mass is 9.85. The van der Waals surface area contributed by atoms with Crippen LogP contribution in [-0.4, -0.2) is 96.6 Å². The number of piperidine rings is 1. The first-order valence-electron chi connectivity index (χ1n) is 13.3. The lowest BCUT2D eigenvalue weighted by Crippen LogP contribution is -2.57. The molecule has 0 saturated carbocycles. The number of likely N-dealkylation sites (tertiary alicyclic amines) is 1. The van der Waals surface area contributed by atoms with Crippen LogP contribution >= 0.6 is 0 Å². The highest BCUT2D eigenvalue weighted by Crippen LogP contribution is 2.37. The van der Waals surface area contributed by atoms with Crippen LogP contribution in [-0.2, 0) is 16.1 Å². The molecule has 10 nitrogen and oxygen atoms in total. The molecular formula is C28H34N6O4. The number of morpholine rings is 1. The molecule has 1 N–H and O–H groups in total. The molecule has 200 valence electrons. The standard InChI is InChI=1S/C28H34N6O4/c1-37-23-9-5-8-22-24(30-34(25(22)23)15-14-31-16-18-38-19-17-31)26(35)32-12-10-28(11-13-32)27(36)29-20-33(28)21-6-3-2-4-7-21/h2-9H,10-20H2,1H3,(H,29,36). The number of rotatable bonds is 6. The van der Waals surface area contributed by atoms with E-state index in [4.69, 9.17) is 14.6 Å². The van der Waals surface area contributed by atoms with Crippen LogP contribution in [0.5, 0.6) is 5.75 Å². The Balaban J connectivity index is 1.23. The molecule has 2 amide bonds. The number of benzene rings is 2. The zero-order chi connectivity index (χ0) is 26.1. The van der Waals surface area contributed by atoms with Crippen LogP contribution in [0.4, 0.5) is 5.69 Å². The number of nitrogens with one attached hydrogen (secondary N) is 1. The number of nitrogens with zero attached hydrogens (tertiary/aromatic N) is 5. The van der Waals surface area contributed by atoms with Gasteiger partial charge < -0.3 is 24.6 Å². The Labute approximate surface area is 222 Å². The van der Waals surface area contributed by atoms with E-state index < -0.39 is 5.54 Å². The third-order valence-corrected chi connectivity index (χ3v) is 8.17. The molecule has 3 aromatic rings. The van der Waals surface area contributed by atoms with Crippen molar-refractivity contribution >= 4 is 28.4 Å². The van der Waals surface area contributed by atoms with Crippen LogP contribution in [0.1, 0.15) is 23.3 Å². The molecule has 0 radical (unpaired) electrons. The summed E-state index contributed by atoms with van der Waals surface area (Å²) < 4.78 is 13.0. The highest BCUT2D eigenvalue weighted by Gasteiger charge is 2.51. The van der Waals surface area contributed by atoms with Crippen LogP contribution in [0.15, 0.2) is 48.5 Å². The number of carbonyl (C=O) groups excluding carboxylic acids is 2. The van der Waals surface area contributed by atoms with Crippen LogP contribution in [0.3, 0.4) is 0 Å². The minimum atomic E-state index is -0.638. The monoisotopic (exact) mass is 518 g/mol. The van der Waals surface area contributed by atoms with Gasteiger partial charge in [0.1, 0.15) is 16.8 Å². The van der Waals surface area contributed by atoms with E-state index in [0.717, 1.165) is 49.4 Å². The Kier molecular flexibility index (Phi) is 6.67. The number of hydrogen-bond acceptors (Lipinski definition) is 7. The Morgan fingerprint density at radius 3 is 2.53 bits per heavy atom. The fourth-order valence-corrected chi connectivity index (χ4v) is 6.01. The number of ether oxygens (including phenoxy) is 2. The maximum Gasteiger partial charge on any atom is 0.275 e. The van der Waals surface area contributed by atoms with Crippen LogP contribution in [0.25, 0.3) is 10.9 Å². The maximum atomic E-state index is 13.8. The predicted octanol–water partition coefficient (Wildman–Crippen LogP) is 1.95. The number of hydrogen-bond donors (Lipinski definition) is 1. The molecule has 3 saturated heterocycles. The van der Waals surface area contributed by atoms with Crippen molar-refractivity contribution < 1.29 is 19.1 Å². The van der Waals surface area contributed by atoms with Crippen LogP contribution in [0, 0.1) is 0 Å². The summed E-state index contributed by atoms with van der Waals surface area (Å²) in [5.41, 5.74) is 1.65. The third kappa shape index (κ3) is 4.27. The van der Waals surface area contributed by atoms with Gasteiger partial charge in [-0.15, -0.1) is 0 Å². The van der Waals surface area contributed by atoms with Crippen molar-refractivity contribution in [2.24, 2.45) is 0 Å². The molecule has 2 aromatic carbocycles. The molecular weight excluding hydrogens is 484 g/mol. The fourth-order valence-electron chi connectivity index (χ4n) is 6.01. The average Bonchev–Trinajstić information content (AvgIpc) is 3.50. The molecule has 3 aliphatic heterocycles. The summed E-state index contributed by atoms with van der Waals surface area (Å²) in [6.45, 7) is 6.20. The van der Waals surface area contributed by atoms with Crippen LogP contribution in [0.2, 0.25) is 0 Å². The number of amides is 2. The number of fused-ring (bicyclic) bond motifs is 1. The van der Waals surface area contributed by atoms with Gasteiger partial charge in [0.25, 0.3) is 5.91 Å². The van der Waals surface area contributed by atoms with Gasteiger partial charge in [0, 0.05) is 43.8 Å². The Hall–Kier alpha value is -3.63. The minimum absolute atomic E-state index is 0.0380. The van der Waals surface area contributed by atoms with E-state index in [9.17, 15) is 9.59 Å². The Morgan fingerprint density at radius 1 is 1.03 bits per heavy atom. The van der Waals surface area contributed by atoms with Gasteiger partial charge in [0.15, 0.2) is 5.69 Å². The van der Waals surface area contributed by atoms with E-state index in [2.05, 4.69) is 15.1 Å². The van der Waals surface area contributed by atoms with E-state index in [1.54, 1.807) is 7.11 Å². The number of para-hydroxylation sites is 2. The van der Waals surface area contributed by atoms with Gasteiger partial charge >= 0.3 is 0 Å². The molecule has 3 aliphatic rings. The molecule has 1 aromatic heterocycles. The maximum absolute atomic E-state index is 13.8. The summed E-state index contributed by atoms with van der Waals surface area (Å²) in [6.07, 6.45) is 1.14. The van der Waals surface area contributed by atoms with Crippen molar-refractivity contribution in [1.29, 1.82) is 0 Å². The molecule has 4 heterocycles. The largest absolute Gasteiger partial charge is 0.494 e. The highest BCUT2D eigenvalue weighted by atomic mass is 16.5. The number of methoxy groups -OCH3 is 1. The summed E-state index contributed by atoms with van der Waals surface area (Å²) in [5.74, 6) is 0.638. The molecule has 10 heteroatoms. The zero-order valence-electron chi connectivity index (χ0n) is 21.8. The Bertz CT molecular complexity index is 1310. The first kappa shape index (κ1) is 24.7. The number of anilines is 1. The van der Waals surface area contributed by atoms with E-state index in [1.807, 2.05) is 58.1 Å². The van der Waals surface area contributed by atoms with Gasteiger partial charge in [-0.3, -0.25) is 19.2 Å². The summed E-state index contributed by atoms with van der Waals surface area (Å²) in [5, 5.41) is 8.64. The van der Waals surface area contributed by atoms with Crippen molar-refractivity contribution in [2.75, 3.05) is 64.6 Å². The first-order valence-corrected chi connectivity index (χ1v) is 13.3. The molecule has 1 spiro atoms. The number of carbonyl (C=O) groups is 2. The van der Waals surface area contributed by atoms with Crippen molar-refractivity contribution in [3.63, 3.8) is 0 Å². The highest BCUT2D eigenvalue weighted by molar-refractivity contribution is 6.06. The van der Waals surface area contributed by atoms with E-state index in [-0.39, 0.29) is 11.8 Å². The minimum Gasteiger partial charge on any atom is -0.494 e. The smallest absolute Gasteiger partial charge is 0.275 e. The van der Waals surface area contributed by atoms with E-state index in [0.29, 0.717) is 50.6 Å². The van der Waals surface area contributed by atoms with Crippen molar-refractivity contribution in [2.45, 2.75) is 24.9 Å². The molecule has 0 unspecified atom stereocenters. The summed E-state index contributed by atoms with van der Waals surface area (Å²) >= 11 is 0. The topological polar surface area (TPSA) is 92.2 Å². The lowest BCUT2D eigenvalue weighted by molar-refractivity contribution is -0.124. The first-order chi connectivity index (χ1) is 18.6. The van der Waals surface area contributed by atoms with Crippen molar-refractivity contribution in [1.82, 2.24) is 24.9 Å². The summed E-state index contributed by atoms with van der Waals surface area (Å²) in [7, 11) is 1.64. The molecule has 3 fully saturated rings. The molecule has 0 bridgehead atoms. The third-order valence-electron chi connectivity index (χ3n) is 8.17. The van der Waals surface area contributed by atoms with Gasteiger partial charge in [0.05, 0.1) is 33.5 Å². The lowest BCUT2D eigenvalue weighted by Gasteiger charge is -2.43. The second-order valence-electron chi connectivity index (χ2n) is 10.1. The van der Waals surface area contributed by atoms with Gasteiger partial charge in [-0.25, -0.2) is 0 Å². The molecule has 0 atom stereocenters. The predicted molar refractivity (Wildman–Crippen MR) is 143 cm³/mol. The van der Waals surface area contributed by atoms with Crippen LogP contribution < -0.4 is 15.0 Å². The van der Waals surface area contributed by atoms with Crippen molar-refractivity contribution in [3.8, 4) is 5.75 Å². The molecule has 38 heavy (non-hydrogen) atoms. The zero-order valence-corrected chi connectivity index (χ0v) is 21.8. The van der Waals surface area contributed by atoms with Gasteiger partial charge in [-0.05, 0) is 31.0 Å². The van der Waals surface area contributed by atoms with Gasteiger partial charge in [0.2, 0.25) is 5.91 Å². The van der Waals surface area contributed by atoms with Crippen molar-refractivity contribution in [3.05, 3.63) is 54.2 Å². The molecule has 0 aliphatic carbocycles. The molecule has 6 rings (SSSR count).